The van der Waals surface area contributed by atoms with Crippen molar-refractivity contribution in [2.75, 3.05) is 0 Å². The first-order valence-electron chi connectivity index (χ1n) is 7.47. The molecule has 0 aliphatic rings. The fourth-order valence-electron chi connectivity index (χ4n) is 2.77. The van der Waals surface area contributed by atoms with Gasteiger partial charge in [-0.3, -0.25) is 4.79 Å². The molecule has 22 heavy (non-hydrogen) atoms. The lowest BCUT2D eigenvalue weighted by atomic mass is 10.0. The summed E-state index contributed by atoms with van der Waals surface area (Å²) in [5, 5.41) is 11.1. The maximum absolute atomic E-state index is 12.6. The molecule has 0 saturated carbocycles. The zero-order valence-corrected chi connectivity index (χ0v) is 12.7. The Morgan fingerprint density at radius 2 is 1.86 bits per heavy atom. The van der Waals surface area contributed by atoms with E-state index >= 15 is 0 Å². The van der Waals surface area contributed by atoms with Crippen molar-refractivity contribution in [1.29, 1.82) is 0 Å². The maximum Gasteiger partial charge on any atom is 0.228 e. The van der Waals surface area contributed by atoms with Crippen molar-refractivity contribution in [2.45, 2.75) is 26.7 Å². The third-order valence-corrected chi connectivity index (χ3v) is 3.91. The van der Waals surface area contributed by atoms with E-state index in [1.807, 2.05) is 37.3 Å². The Hall–Kier alpha value is -2.55. The Morgan fingerprint density at radius 1 is 1.14 bits per heavy atom. The smallest absolute Gasteiger partial charge is 0.228 e. The Balaban J connectivity index is 2.15. The van der Waals surface area contributed by atoms with E-state index in [0.29, 0.717) is 27.9 Å². The predicted molar refractivity (Wildman–Crippen MR) is 86.5 cm³/mol. The number of hydrogen-bond donors (Lipinski definition) is 1. The number of phenolic OH excluding ortho intramolecular Hbond substituents is 1. The monoisotopic (exact) mass is 294 g/mol. The van der Waals surface area contributed by atoms with Crippen LogP contribution in [0.4, 0.5) is 0 Å². The van der Waals surface area contributed by atoms with Gasteiger partial charge in [-0.05, 0) is 25.0 Å². The molecular formula is C19H18O3. The Morgan fingerprint density at radius 3 is 2.55 bits per heavy atom. The molecule has 1 aromatic heterocycles. The summed E-state index contributed by atoms with van der Waals surface area (Å²) in [6.45, 7) is 3.88. The minimum atomic E-state index is -0.161. The first-order valence-corrected chi connectivity index (χ1v) is 7.47. The van der Waals surface area contributed by atoms with E-state index in [1.165, 1.54) is 0 Å². The van der Waals surface area contributed by atoms with Gasteiger partial charge in [-0.25, -0.2) is 0 Å². The lowest BCUT2D eigenvalue weighted by Crippen LogP contribution is -2.00. The first-order chi connectivity index (χ1) is 10.6. The van der Waals surface area contributed by atoms with Crippen LogP contribution in [0.1, 0.15) is 40.6 Å². The molecule has 0 unspecified atom stereocenters. The summed E-state index contributed by atoms with van der Waals surface area (Å²) < 4.78 is 5.72. The van der Waals surface area contributed by atoms with Crippen molar-refractivity contribution in [3.8, 4) is 5.75 Å². The van der Waals surface area contributed by atoms with Gasteiger partial charge in [-0.2, -0.15) is 0 Å². The summed E-state index contributed by atoms with van der Waals surface area (Å²) in [5.74, 6) is 0.364. The molecule has 112 valence electrons. The maximum atomic E-state index is 12.6. The molecule has 1 heterocycles. The summed E-state index contributed by atoms with van der Waals surface area (Å²) >= 11 is 0. The molecule has 0 atom stereocenters. The van der Waals surface area contributed by atoms with Gasteiger partial charge < -0.3 is 9.52 Å². The normalized spacial score (nSPS) is 11.0. The molecular weight excluding hydrogens is 276 g/mol. The van der Waals surface area contributed by atoms with Crippen LogP contribution in [-0.2, 0) is 6.42 Å². The summed E-state index contributed by atoms with van der Waals surface area (Å²) in [7, 11) is 0. The molecule has 1 N–H and O–H groups in total. The largest absolute Gasteiger partial charge is 0.507 e. The van der Waals surface area contributed by atoms with Crippen molar-refractivity contribution in [1.82, 2.24) is 0 Å². The molecule has 3 rings (SSSR count). The average molecular weight is 294 g/mol. The molecule has 3 heteroatoms. The Labute approximate surface area is 129 Å². The number of furan rings is 1. The van der Waals surface area contributed by atoms with E-state index in [1.54, 1.807) is 12.1 Å². The van der Waals surface area contributed by atoms with Crippen LogP contribution in [-0.4, -0.2) is 10.9 Å². The van der Waals surface area contributed by atoms with Gasteiger partial charge in [0.05, 0.1) is 5.39 Å². The molecule has 0 fully saturated rings. The minimum absolute atomic E-state index is 0.161. The summed E-state index contributed by atoms with van der Waals surface area (Å²) in [6, 6.07) is 12.7. The van der Waals surface area contributed by atoms with Crippen molar-refractivity contribution < 1.29 is 14.3 Å². The molecule has 0 aliphatic heterocycles. The van der Waals surface area contributed by atoms with Crippen LogP contribution < -0.4 is 0 Å². The third-order valence-electron chi connectivity index (χ3n) is 3.91. The highest BCUT2D eigenvalue weighted by molar-refractivity contribution is 6.11. The highest BCUT2D eigenvalue weighted by Gasteiger charge is 2.21. The van der Waals surface area contributed by atoms with Gasteiger partial charge in [-0.1, -0.05) is 49.7 Å². The number of fused-ring (bicyclic) bond motifs is 1. The highest BCUT2D eigenvalue weighted by atomic mass is 16.3. The van der Waals surface area contributed by atoms with E-state index < -0.39 is 0 Å². The lowest BCUT2D eigenvalue weighted by molar-refractivity contribution is 0.101. The summed E-state index contributed by atoms with van der Waals surface area (Å²) in [4.78, 5) is 12.6. The number of ketones is 1. The van der Waals surface area contributed by atoms with Gasteiger partial charge in [0.2, 0.25) is 5.78 Å². The average Bonchev–Trinajstić information content (AvgIpc) is 2.88. The molecule has 0 amide bonds. The number of carbonyl (C=O) groups is 1. The van der Waals surface area contributed by atoms with Crippen LogP contribution in [0.2, 0.25) is 0 Å². The highest BCUT2D eigenvalue weighted by Crippen LogP contribution is 2.36. The minimum Gasteiger partial charge on any atom is -0.507 e. The summed E-state index contributed by atoms with van der Waals surface area (Å²) in [6.07, 6.45) is 1.75. The standard InChI is InChI=1S/C19H18O3/c1-3-7-13-10-11-15-16(17(13)20)12(2)19(22-15)18(21)14-8-5-4-6-9-14/h4-6,8-11,20H,3,7H2,1-2H3. The van der Waals surface area contributed by atoms with Gasteiger partial charge in [0.25, 0.3) is 0 Å². The Kier molecular flexibility index (Phi) is 3.72. The second-order valence-corrected chi connectivity index (χ2v) is 5.45. The number of aromatic hydroxyl groups is 1. The van der Waals surface area contributed by atoms with Gasteiger partial charge in [0, 0.05) is 11.1 Å². The fraction of sp³-hybridized carbons (Fsp3) is 0.211. The van der Waals surface area contributed by atoms with E-state index in [0.717, 1.165) is 18.4 Å². The van der Waals surface area contributed by atoms with Crippen molar-refractivity contribution >= 4 is 16.8 Å². The van der Waals surface area contributed by atoms with Crippen LogP contribution in [0.15, 0.2) is 46.9 Å². The topological polar surface area (TPSA) is 50.4 Å². The molecule has 0 spiro atoms. The first kappa shape index (κ1) is 14.4. The van der Waals surface area contributed by atoms with Crippen LogP contribution in [0, 0.1) is 6.92 Å². The Bertz CT molecular complexity index is 829. The third kappa shape index (κ3) is 2.29. The number of benzene rings is 2. The van der Waals surface area contributed by atoms with Gasteiger partial charge >= 0.3 is 0 Å². The predicted octanol–water partition coefficient (Wildman–Crippen LogP) is 4.63. The van der Waals surface area contributed by atoms with Crippen LogP contribution in [0.25, 0.3) is 11.0 Å². The van der Waals surface area contributed by atoms with E-state index in [2.05, 4.69) is 6.92 Å². The molecule has 2 aromatic carbocycles. The van der Waals surface area contributed by atoms with Gasteiger partial charge in [-0.15, -0.1) is 0 Å². The fourth-order valence-corrected chi connectivity index (χ4v) is 2.77. The van der Waals surface area contributed by atoms with Crippen LogP contribution >= 0.6 is 0 Å². The van der Waals surface area contributed by atoms with E-state index in [4.69, 9.17) is 4.42 Å². The SMILES string of the molecule is CCCc1ccc2oc(C(=O)c3ccccc3)c(C)c2c1O. The molecule has 3 nitrogen and oxygen atoms in total. The second-order valence-electron chi connectivity index (χ2n) is 5.45. The zero-order chi connectivity index (χ0) is 15.7. The van der Waals surface area contributed by atoms with Crippen molar-refractivity contribution in [2.24, 2.45) is 0 Å². The van der Waals surface area contributed by atoms with Crippen LogP contribution in [0.3, 0.4) is 0 Å². The number of phenols is 1. The molecule has 3 aromatic rings. The molecule has 0 radical (unpaired) electrons. The number of aryl methyl sites for hydroxylation is 2. The number of rotatable bonds is 4. The number of hydrogen-bond acceptors (Lipinski definition) is 3. The molecule has 0 bridgehead atoms. The molecule has 0 saturated heterocycles. The van der Waals surface area contributed by atoms with Crippen molar-refractivity contribution in [3.63, 3.8) is 0 Å². The summed E-state index contributed by atoms with van der Waals surface area (Å²) in [5.41, 5.74) is 2.71. The van der Waals surface area contributed by atoms with Crippen LogP contribution in [0.5, 0.6) is 5.75 Å². The zero-order valence-electron chi connectivity index (χ0n) is 12.7. The lowest BCUT2D eigenvalue weighted by Gasteiger charge is -2.03. The van der Waals surface area contributed by atoms with E-state index in [-0.39, 0.29) is 11.5 Å². The second kappa shape index (κ2) is 5.68. The van der Waals surface area contributed by atoms with Gasteiger partial charge in [0.1, 0.15) is 11.3 Å². The van der Waals surface area contributed by atoms with E-state index in [9.17, 15) is 9.90 Å². The van der Waals surface area contributed by atoms with Gasteiger partial charge in [0.15, 0.2) is 5.76 Å². The van der Waals surface area contributed by atoms with Crippen molar-refractivity contribution in [3.05, 3.63) is 64.9 Å². The quantitative estimate of drug-likeness (QED) is 0.714. The number of carbonyl (C=O) groups excluding carboxylic acids is 1. The molecule has 0 aliphatic carbocycles.